The van der Waals surface area contributed by atoms with E-state index in [1.807, 2.05) is 0 Å². The molecule has 2 aromatic carbocycles. The second kappa shape index (κ2) is 9.65. The van der Waals surface area contributed by atoms with Crippen molar-refractivity contribution in [2.24, 2.45) is 4.99 Å². The first-order chi connectivity index (χ1) is 13.8. The summed E-state index contributed by atoms with van der Waals surface area (Å²) >= 11 is 0. The van der Waals surface area contributed by atoms with Crippen LogP contribution in [0.5, 0.6) is 0 Å². The van der Waals surface area contributed by atoms with Gasteiger partial charge in [-0.1, -0.05) is 112 Å². The topological polar surface area (TPSA) is 24.4 Å². The number of nitrogens with one attached hydrogen (secondary N) is 1. The minimum atomic E-state index is -0.405. The fraction of sp³-hybridized carbons (Fsp3) is 0.519. The molecule has 30 heavy (non-hydrogen) atoms. The fourth-order valence-electron chi connectivity index (χ4n) is 3.79. The molecule has 0 radical (unpaired) electrons. The lowest BCUT2D eigenvalue weighted by atomic mass is 9.83. The highest BCUT2D eigenvalue weighted by Crippen LogP contribution is 2.43. The van der Waals surface area contributed by atoms with Crippen LogP contribution in [0, 0.1) is 0 Å². The first kappa shape index (κ1) is 24.6. The van der Waals surface area contributed by atoms with Crippen LogP contribution in [0.15, 0.2) is 53.5 Å². The lowest BCUT2D eigenvalue weighted by molar-refractivity contribution is 0.588. The lowest BCUT2D eigenvalue weighted by Crippen LogP contribution is -2.29. The van der Waals surface area contributed by atoms with Crippen LogP contribution in [0.1, 0.15) is 85.9 Å². The summed E-state index contributed by atoms with van der Waals surface area (Å²) in [5.74, 6) is 1.01. The Hall–Kier alpha value is -1.66. The Kier molecular flexibility index (Phi) is 7.91. The van der Waals surface area contributed by atoms with Gasteiger partial charge in [0.2, 0.25) is 0 Å². The van der Waals surface area contributed by atoms with Crippen LogP contribution in [0.4, 0.5) is 5.69 Å². The van der Waals surface area contributed by atoms with Crippen molar-refractivity contribution in [3.8, 4) is 0 Å². The summed E-state index contributed by atoms with van der Waals surface area (Å²) in [6.45, 7) is 22.9. The smallest absolute Gasteiger partial charge is 0.137 e. The second-order valence-corrected chi connectivity index (χ2v) is 13.8. The summed E-state index contributed by atoms with van der Waals surface area (Å²) in [7, 11) is -0.405. The zero-order chi connectivity index (χ0) is 22.7. The summed E-state index contributed by atoms with van der Waals surface area (Å²) in [6.07, 6.45) is 0. The van der Waals surface area contributed by atoms with E-state index in [4.69, 9.17) is 4.99 Å². The molecule has 0 unspecified atom stereocenters. The first-order valence-corrected chi connectivity index (χ1v) is 12.6. The van der Waals surface area contributed by atoms with E-state index < -0.39 is 8.07 Å². The first-order valence-electron chi connectivity index (χ1n) is 11.2. The highest BCUT2D eigenvalue weighted by Gasteiger charge is 2.25. The summed E-state index contributed by atoms with van der Waals surface area (Å²) in [4.78, 5) is 5.30. The molecular weight excluding hydrogens is 383 g/mol. The van der Waals surface area contributed by atoms with Crippen molar-refractivity contribution in [3.05, 3.63) is 65.2 Å². The van der Waals surface area contributed by atoms with E-state index in [2.05, 4.69) is 123 Å². The van der Waals surface area contributed by atoms with E-state index in [9.17, 15) is 0 Å². The molecule has 1 N–H and O–H groups in total. The third-order valence-corrected chi connectivity index (χ3v) is 7.98. The molecule has 0 heterocycles. The molecule has 0 aliphatic carbocycles. The number of nitrogens with zero attached hydrogens (tertiary/aromatic N) is 1. The Bertz CT molecular complexity index is 859. The number of hydrogen-bond acceptors (Lipinski definition) is 1. The molecule has 0 amide bonds. The van der Waals surface area contributed by atoms with Crippen molar-refractivity contribution in [3.63, 3.8) is 0 Å². The molecule has 0 aliphatic rings. The largest absolute Gasteiger partial charge is 0.348 e. The number of aliphatic imine (C=N–C) groups is 1. The molecule has 2 nitrogen and oxygen atoms in total. The highest BCUT2D eigenvalue weighted by molar-refractivity contribution is 7.57. The standard InChI is InChI=1S/C27H41N2P/c1-19(2)30(20(3)4)29-25(21-15-11-12-16-22(21)26(5,6)7)28-24-18-14-13-17-23(24)27(8,9)10/h11-20H,1-10H3,(H,28,29). The van der Waals surface area contributed by atoms with Gasteiger partial charge >= 0.3 is 0 Å². The van der Waals surface area contributed by atoms with E-state index in [0.717, 1.165) is 11.5 Å². The van der Waals surface area contributed by atoms with Gasteiger partial charge in [0.05, 0.1) is 5.69 Å². The van der Waals surface area contributed by atoms with Crippen molar-refractivity contribution in [2.75, 3.05) is 0 Å². The highest BCUT2D eigenvalue weighted by atomic mass is 31.1. The summed E-state index contributed by atoms with van der Waals surface area (Å²) in [6, 6.07) is 17.3. The van der Waals surface area contributed by atoms with Crippen molar-refractivity contribution in [1.29, 1.82) is 0 Å². The van der Waals surface area contributed by atoms with Gasteiger partial charge in [0.15, 0.2) is 0 Å². The molecule has 164 valence electrons. The molecule has 2 aromatic rings. The van der Waals surface area contributed by atoms with E-state index in [1.165, 1.54) is 16.7 Å². The Morgan fingerprint density at radius 2 is 1.20 bits per heavy atom. The maximum Gasteiger partial charge on any atom is 0.137 e. The van der Waals surface area contributed by atoms with Crippen LogP contribution in [0.3, 0.4) is 0 Å². The van der Waals surface area contributed by atoms with Gasteiger partial charge in [0.1, 0.15) is 5.84 Å². The minimum absolute atomic E-state index is 0.0373. The van der Waals surface area contributed by atoms with E-state index in [-0.39, 0.29) is 10.8 Å². The number of benzene rings is 2. The number of rotatable bonds is 5. The number of hydrogen-bond donors (Lipinski definition) is 1. The Labute approximate surface area is 186 Å². The predicted molar refractivity (Wildman–Crippen MR) is 137 cm³/mol. The van der Waals surface area contributed by atoms with E-state index in [0.29, 0.717) is 11.3 Å². The Morgan fingerprint density at radius 1 is 0.733 bits per heavy atom. The van der Waals surface area contributed by atoms with Crippen molar-refractivity contribution in [1.82, 2.24) is 5.09 Å². The SMILES string of the molecule is CC(C)P(NC(=Nc1ccccc1C(C)(C)C)c1ccccc1C(C)(C)C)C(C)C. The lowest BCUT2D eigenvalue weighted by Gasteiger charge is -2.31. The van der Waals surface area contributed by atoms with Gasteiger partial charge < -0.3 is 5.09 Å². The molecule has 0 saturated carbocycles. The zero-order valence-electron chi connectivity index (χ0n) is 20.7. The molecule has 0 aromatic heterocycles. The van der Waals surface area contributed by atoms with Gasteiger partial charge in [-0.25, -0.2) is 4.99 Å². The van der Waals surface area contributed by atoms with Gasteiger partial charge in [-0.15, -0.1) is 0 Å². The molecule has 0 saturated heterocycles. The molecular formula is C27H41N2P. The van der Waals surface area contributed by atoms with Crippen molar-refractivity contribution >= 4 is 19.6 Å². The van der Waals surface area contributed by atoms with Crippen LogP contribution in [-0.4, -0.2) is 17.2 Å². The molecule has 0 fully saturated rings. The molecule has 2 rings (SSSR count). The number of amidine groups is 1. The molecule has 3 heteroatoms. The maximum atomic E-state index is 5.30. The molecule has 0 bridgehead atoms. The fourth-order valence-corrected chi connectivity index (χ4v) is 5.92. The molecule has 0 atom stereocenters. The average Bonchev–Trinajstić information content (AvgIpc) is 2.63. The van der Waals surface area contributed by atoms with Gasteiger partial charge in [0.25, 0.3) is 0 Å². The quantitative estimate of drug-likeness (QED) is 0.292. The normalized spacial score (nSPS) is 13.4. The van der Waals surface area contributed by atoms with Crippen LogP contribution >= 0.6 is 8.07 Å². The Balaban J connectivity index is 2.73. The monoisotopic (exact) mass is 424 g/mol. The van der Waals surface area contributed by atoms with Crippen LogP contribution < -0.4 is 5.09 Å². The average molecular weight is 425 g/mol. The summed E-state index contributed by atoms with van der Waals surface area (Å²) in [5, 5.41) is 3.92. The molecule has 0 spiro atoms. The van der Waals surface area contributed by atoms with Crippen LogP contribution in [0.25, 0.3) is 0 Å². The summed E-state index contributed by atoms with van der Waals surface area (Å²) < 4.78 is 0. The number of para-hydroxylation sites is 1. The third-order valence-electron chi connectivity index (χ3n) is 5.28. The summed E-state index contributed by atoms with van der Waals surface area (Å²) in [5.41, 5.74) is 6.09. The zero-order valence-corrected chi connectivity index (χ0v) is 21.6. The third kappa shape index (κ3) is 6.17. The maximum absolute atomic E-state index is 5.30. The van der Waals surface area contributed by atoms with Crippen molar-refractivity contribution < 1.29 is 0 Å². The van der Waals surface area contributed by atoms with Crippen LogP contribution in [0.2, 0.25) is 0 Å². The van der Waals surface area contributed by atoms with Crippen LogP contribution in [-0.2, 0) is 10.8 Å². The van der Waals surface area contributed by atoms with Gasteiger partial charge in [-0.2, -0.15) is 0 Å². The predicted octanol–water partition coefficient (Wildman–Crippen LogP) is 8.16. The van der Waals surface area contributed by atoms with E-state index in [1.54, 1.807) is 0 Å². The minimum Gasteiger partial charge on any atom is -0.348 e. The second-order valence-electron chi connectivity index (χ2n) is 10.7. The van der Waals surface area contributed by atoms with Crippen molar-refractivity contribution in [2.45, 2.75) is 91.4 Å². The van der Waals surface area contributed by atoms with Gasteiger partial charge in [0, 0.05) is 5.56 Å². The Morgan fingerprint density at radius 3 is 1.70 bits per heavy atom. The van der Waals surface area contributed by atoms with E-state index >= 15 is 0 Å². The van der Waals surface area contributed by atoms with Gasteiger partial charge in [-0.3, -0.25) is 0 Å². The van der Waals surface area contributed by atoms with Gasteiger partial charge in [-0.05, 0) is 47.4 Å². The molecule has 0 aliphatic heterocycles.